The lowest BCUT2D eigenvalue weighted by Crippen LogP contribution is -2.28. The van der Waals surface area contributed by atoms with Gasteiger partial charge in [-0.25, -0.2) is 34.3 Å². The van der Waals surface area contributed by atoms with E-state index >= 15 is 4.39 Å². The molecule has 0 spiro atoms. The summed E-state index contributed by atoms with van der Waals surface area (Å²) < 4.78 is 52.4. The van der Waals surface area contributed by atoms with Gasteiger partial charge in [0.05, 0.1) is 34.8 Å². The molecule has 4 fully saturated rings. The topological polar surface area (TPSA) is 269 Å². The summed E-state index contributed by atoms with van der Waals surface area (Å²) in [7, 11) is 9.62. The Morgan fingerprint density at radius 2 is 0.991 bits per heavy atom. The van der Waals surface area contributed by atoms with Crippen LogP contribution in [0.2, 0.25) is 5.02 Å². The van der Waals surface area contributed by atoms with E-state index < -0.39 is 5.95 Å². The zero-order chi connectivity index (χ0) is 81.3. The van der Waals surface area contributed by atoms with Crippen LogP contribution >= 0.6 is 11.6 Å². The molecule has 16 rings (SSSR count). The summed E-state index contributed by atoms with van der Waals surface area (Å²) >= 11 is 6.13. The molecule has 2 saturated heterocycles. The first-order valence-corrected chi connectivity index (χ1v) is 39.3. The van der Waals surface area contributed by atoms with Crippen molar-refractivity contribution in [2.75, 3.05) is 116 Å². The maximum atomic E-state index is 16.2. The molecule has 8 heterocycles. The monoisotopic (exact) mass is 1580 g/mol. The minimum atomic E-state index is -0.450. The number of aromatic nitrogens is 9. The van der Waals surface area contributed by atoms with Crippen LogP contribution in [0, 0.1) is 25.6 Å². The number of halogens is 3. The Kier molecular flexibility index (Phi) is 25.0. The average molecular weight is 1590 g/mol. The van der Waals surface area contributed by atoms with Crippen LogP contribution < -0.4 is 31.6 Å². The van der Waals surface area contributed by atoms with Crippen molar-refractivity contribution < 1.29 is 37.4 Å². The Bertz CT molecular complexity index is 5610. The molecule has 0 unspecified atom stereocenters. The molecule has 0 bridgehead atoms. The number of carbonyl (C=O) groups excluding carboxylic acids is 3. The third kappa shape index (κ3) is 18.3. The second kappa shape index (κ2) is 36.1. The number of hydrogen-bond donors (Lipinski definition) is 3. The van der Waals surface area contributed by atoms with Crippen LogP contribution in [0.25, 0.3) is 72.2 Å². The summed E-state index contributed by atoms with van der Waals surface area (Å²) in [5.41, 5.74) is 29.3. The maximum Gasteiger partial charge on any atom is 0.250 e. The molecule has 0 radical (unpaired) electrons. The number of nitrogens with zero attached hydrogens (tertiary/aromatic N) is 15. The first-order chi connectivity index (χ1) is 56.2. The standard InChI is InChI=1S/C31H33FN6O2.C30H33FN6O3.C28H29ClN6O/c1-20-28(21-8-12-25(13-9-21)40-26-6-3-5-22(32)17-26)29-30(33)34-19-35-31(29)38(20)24-14-16-37(18-24)27(39)7-4-15-36(2)23-10-11-23;1-35(17-18-39-2)15-6-9-25(38)36-16-14-22(19-36)37-28(31)26(27-29(32)33-20-34-30(27)37)21-10-12-24(13-11-21)40-23-7-4-3-5-8-23;1-18-25(19-9-11-20(29)12-10-19)26-27(30)31-17-32-28(26)35(18)23-7-4-6-22(16-23)34(3)24(36)8-5-15-33(2)21-13-14-21/h3-9,12-13,17,19,23-24H,10-11,14-16,18H2,1-2H3,(H2,33,34,35);3-13,20,22H,14-19H2,1-2H3,(H2,32,33,34);4-12,16-17,21H,13-15H2,1-3H3,(H2,30,31,32)/b7-4+;9-6+;8-5+/t24-;22-;/m11./s1. The Hall–Kier alpha value is -12.2. The largest absolute Gasteiger partial charge is 0.457 e. The second-order valence-corrected chi connectivity index (χ2v) is 30.2. The van der Waals surface area contributed by atoms with Crippen molar-refractivity contribution in [2.45, 2.75) is 76.5 Å². The molecule has 12 aromatic rings. The Balaban J connectivity index is 0.000000144. The molecule has 6 aromatic heterocycles. The third-order valence-corrected chi connectivity index (χ3v) is 22.0. The van der Waals surface area contributed by atoms with E-state index in [-0.39, 0.29) is 41.4 Å². The number of rotatable bonds is 25. The van der Waals surface area contributed by atoms with E-state index in [1.807, 2.05) is 140 Å². The molecule has 6 N–H and O–H groups in total. The third-order valence-electron chi connectivity index (χ3n) is 21.7. The Morgan fingerprint density at radius 3 is 1.56 bits per heavy atom. The van der Waals surface area contributed by atoms with Crippen LogP contribution in [0.4, 0.5) is 31.9 Å². The SMILES string of the molecule is COCCN(C)C/C=C/C(=O)N1CC[C@@H](n2c(F)c(-c3ccc(Oc4ccccc4)cc3)c3c(N)ncnc32)C1.Cc1c(-c2ccc(Cl)cc2)c2c(N)ncnc2n1-c1cccc(N(C)C(=O)/C=C/CN(C)C2CC2)c1.Cc1c(-c2ccc(Oc3cccc(F)c3)cc2)c2c(N)ncnc2n1[C@@H]1CCN(C(=O)/C=C/CN(C)C2CC2)C1. The zero-order valence-corrected chi connectivity index (χ0v) is 66.8. The minimum Gasteiger partial charge on any atom is -0.457 e. The van der Waals surface area contributed by atoms with E-state index in [1.165, 1.54) is 56.8 Å². The molecule has 3 amide bonds. The number of likely N-dealkylation sites (tertiary alicyclic amines) is 2. The van der Waals surface area contributed by atoms with E-state index in [9.17, 15) is 18.8 Å². The fourth-order valence-electron chi connectivity index (χ4n) is 15.2. The van der Waals surface area contributed by atoms with Gasteiger partial charge in [-0.15, -0.1) is 0 Å². The minimum absolute atomic E-state index is 0.0454. The smallest absolute Gasteiger partial charge is 0.250 e. The van der Waals surface area contributed by atoms with Crippen LogP contribution in [-0.2, 0) is 19.1 Å². The van der Waals surface area contributed by atoms with Crippen molar-refractivity contribution in [3.63, 3.8) is 0 Å². The van der Waals surface area contributed by atoms with Crippen molar-refractivity contribution in [3.8, 4) is 62.1 Å². The highest BCUT2D eigenvalue weighted by Crippen LogP contribution is 2.44. The van der Waals surface area contributed by atoms with Gasteiger partial charge >= 0.3 is 0 Å². The van der Waals surface area contributed by atoms with E-state index in [2.05, 4.69) is 74.8 Å². The van der Waals surface area contributed by atoms with Crippen LogP contribution in [0.15, 0.2) is 207 Å². The number of anilines is 4. The van der Waals surface area contributed by atoms with Gasteiger partial charge in [0, 0.05) is 147 Å². The van der Waals surface area contributed by atoms with Gasteiger partial charge in [-0.1, -0.05) is 96.6 Å². The van der Waals surface area contributed by atoms with Gasteiger partial charge in [-0.2, -0.15) is 4.39 Å². The van der Waals surface area contributed by atoms with Crippen LogP contribution in [0.3, 0.4) is 0 Å². The maximum absolute atomic E-state index is 16.2. The number of benzene rings is 6. The molecule has 116 heavy (non-hydrogen) atoms. The van der Waals surface area contributed by atoms with E-state index in [1.54, 1.807) is 83.2 Å². The van der Waals surface area contributed by atoms with Gasteiger partial charge in [0.25, 0.3) is 0 Å². The van der Waals surface area contributed by atoms with Gasteiger partial charge in [0.1, 0.15) is 76.5 Å². The fraction of sp³-hybridized carbons (Fsp3) is 0.292. The van der Waals surface area contributed by atoms with Gasteiger partial charge in [-0.3, -0.25) is 33.3 Å². The van der Waals surface area contributed by atoms with E-state index in [0.29, 0.717) is 125 Å². The van der Waals surface area contributed by atoms with Crippen molar-refractivity contribution in [2.24, 2.45) is 0 Å². The normalized spacial score (nSPS) is 15.6. The highest BCUT2D eigenvalue weighted by atomic mass is 35.5. The number of nitrogen functional groups attached to an aromatic ring is 3. The van der Waals surface area contributed by atoms with Gasteiger partial charge in [0.2, 0.25) is 23.7 Å². The summed E-state index contributed by atoms with van der Waals surface area (Å²) in [5.74, 6) is 2.48. The number of likely N-dealkylation sites (N-methyl/N-ethyl adjacent to an activating group) is 4. The molecular weight excluding hydrogens is 1490 g/mol. The van der Waals surface area contributed by atoms with Gasteiger partial charge in [-0.05, 0) is 169 Å². The van der Waals surface area contributed by atoms with Gasteiger partial charge in [0.15, 0.2) is 5.65 Å². The van der Waals surface area contributed by atoms with Crippen LogP contribution in [0.1, 0.15) is 62.0 Å². The molecule has 2 atom stereocenters. The number of methoxy groups -OCH3 is 1. The highest BCUT2D eigenvalue weighted by molar-refractivity contribution is 6.30. The predicted molar refractivity (Wildman–Crippen MR) is 453 cm³/mol. The fourth-order valence-corrected chi connectivity index (χ4v) is 15.4. The van der Waals surface area contributed by atoms with Crippen molar-refractivity contribution in [1.82, 2.24) is 68.1 Å². The van der Waals surface area contributed by atoms with Crippen molar-refractivity contribution >= 4 is 85.6 Å². The predicted octanol–water partition coefficient (Wildman–Crippen LogP) is 15.1. The van der Waals surface area contributed by atoms with Crippen molar-refractivity contribution in [3.05, 3.63) is 235 Å². The molecule has 2 aliphatic heterocycles. The Morgan fingerprint density at radius 1 is 0.517 bits per heavy atom. The van der Waals surface area contributed by atoms with Crippen LogP contribution in [0.5, 0.6) is 23.0 Å². The quantitative estimate of drug-likeness (QED) is 0.0449. The van der Waals surface area contributed by atoms with Gasteiger partial charge < -0.3 is 55.6 Å². The lowest BCUT2D eigenvalue weighted by atomic mass is 10.0. The lowest BCUT2D eigenvalue weighted by molar-refractivity contribution is -0.125. The number of amides is 3. The molecule has 2 aliphatic carbocycles. The van der Waals surface area contributed by atoms with E-state index in [0.717, 1.165) is 87.5 Å². The molecule has 598 valence electrons. The van der Waals surface area contributed by atoms with Crippen LogP contribution in [-0.4, -0.2) is 192 Å². The molecule has 24 nitrogen and oxygen atoms in total. The summed E-state index contributed by atoms with van der Waals surface area (Å²) in [5, 5.41) is 2.71. The lowest BCUT2D eigenvalue weighted by Gasteiger charge is -2.18. The number of ether oxygens (including phenoxy) is 3. The average Bonchev–Trinajstić information content (AvgIpc) is 1.60. The summed E-state index contributed by atoms with van der Waals surface area (Å²) in [6, 6.07) is 46.9. The molecule has 4 aliphatic rings. The zero-order valence-electron chi connectivity index (χ0n) is 66.1. The summed E-state index contributed by atoms with van der Waals surface area (Å²) in [6.45, 7) is 9.89. The molecule has 27 heteroatoms. The second-order valence-electron chi connectivity index (χ2n) is 29.7. The molecular formula is C89H95ClF2N18O6. The summed E-state index contributed by atoms with van der Waals surface area (Å²) in [4.78, 5) is 76.8. The number of hydrogen-bond acceptors (Lipinski definition) is 18. The first kappa shape index (κ1) is 80.4. The highest BCUT2D eigenvalue weighted by Gasteiger charge is 2.35. The number of carbonyl (C=O) groups is 3. The number of fused-ring (bicyclic) bond motifs is 3. The molecule has 2 saturated carbocycles. The van der Waals surface area contributed by atoms with Crippen molar-refractivity contribution in [1.29, 1.82) is 0 Å². The summed E-state index contributed by atoms with van der Waals surface area (Å²) in [6.07, 6.45) is 21.4. The first-order valence-electron chi connectivity index (χ1n) is 38.9. The number of nitrogens with two attached hydrogens (primary N) is 3. The molecule has 6 aromatic carbocycles. The van der Waals surface area contributed by atoms with E-state index in [4.69, 9.17) is 43.0 Å². The Labute approximate surface area is 677 Å². The number of para-hydroxylation sites is 1.